The normalized spacial score (nSPS) is 17.6. The highest BCUT2D eigenvalue weighted by Gasteiger charge is 2.25. The first-order chi connectivity index (χ1) is 10.2. The van der Waals surface area contributed by atoms with Crippen LogP contribution >= 0.6 is 0 Å². The second kappa shape index (κ2) is 5.76. The van der Waals surface area contributed by atoms with E-state index in [1.54, 1.807) is 7.11 Å². The summed E-state index contributed by atoms with van der Waals surface area (Å²) >= 11 is 0. The van der Waals surface area contributed by atoms with Gasteiger partial charge < -0.3 is 14.6 Å². The van der Waals surface area contributed by atoms with Crippen molar-refractivity contribution in [2.75, 3.05) is 33.3 Å². The van der Waals surface area contributed by atoms with Gasteiger partial charge in [0.25, 0.3) is 0 Å². The first kappa shape index (κ1) is 13.9. The summed E-state index contributed by atoms with van der Waals surface area (Å²) in [6.07, 6.45) is 2.07. The van der Waals surface area contributed by atoms with Crippen LogP contribution in [0.1, 0.15) is 11.6 Å². The second-order valence-corrected chi connectivity index (χ2v) is 5.40. The number of benzene rings is 1. The van der Waals surface area contributed by atoms with E-state index in [1.165, 1.54) is 0 Å². The van der Waals surface area contributed by atoms with Crippen LogP contribution in [-0.2, 0) is 7.05 Å². The van der Waals surface area contributed by atoms with Gasteiger partial charge in [-0.05, 0) is 18.2 Å². The first-order valence-corrected chi connectivity index (χ1v) is 7.22. The summed E-state index contributed by atoms with van der Waals surface area (Å²) in [6, 6.07) is 8.30. The van der Waals surface area contributed by atoms with Crippen LogP contribution in [0, 0.1) is 11.3 Å². The van der Waals surface area contributed by atoms with Gasteiger partial charge in [-0.15, -0.1) is 0 Å². The summed E-state index contributed by atoms with van der Waals surface area (Å²) in [5, 5.41) is 14.1. The van der Waals surface area contributed by atoms with Crippen molar-refractivity contribution in [3.63, 3.8) is 0 Å². The van der Waals surface area contributed by atoms with E-state index in [0.29, 0.717) is 0 Å². The Hall–Kier alpha value is -2.03. The molecule has 110 valence electrons. The van der Waals surface area contributed by atoms with E-state index in [0.717, 1.165) is 48.4 Å². The monoisotopic (exact) mass is 284 g/mol. The van der Waals surface area contributed by atoms with Crippen molar-refractivity contribution in [3.8, 4) is 11.8 Å². The van der Waals surface area contributed by atoms with Gasteiger partial charge in [0.2, 0.25) is 0 Å². The predicted molar refractivity (Wildman–Crippen MR) is 82.3 cm³/mol. The fourth-order valence-corrected chi connectivity index (χ4v) is 3.03. The number of nitrogens with zero attached hydrogens (tertiary/aromatic N) is 3. The molecule has 0 amide bonds. The van der Waals surface area contributed by atoms with Crippen molar-refractivity contribution in [1.29, 1.82) is 5.26 Å². The number of hydrogen-bond donors (Lipinski definition) is 1. The summed E-state index contributed by atoms with van der Waals surface area (Å²) in [5.74, 6) is 0.826. The van der Waals surface area contributed by atoms with Gasteiger partial charge in [0.1, 0.15) is 11.8 Å². The lowest BCUT2D eigenvalue weighted by molar-refractivity contribution is 0.208. The summed E-state index contributed by atoms with van der Waals surface area (Å²) in [6.45, 7) is 3.68. The molecular formula is C16H20N4O. The zero-order valence-electron chi connectivity index (χ0n) is 12.5. The Labute approximate surface area is 124 Å². The average Bonchev–Trinajstić information content (AvgIpc) is 2.86. The molecule has 1 atom stereocenters. The van der Waals surface area contributed by atoms with E-state index in [-0.39, 0.29) is 6.04 Å². The molecule has 0 aliphatic carbocycles. The van der Waals surface area contributed by atoms with Gasteiger partial charge >= 0.3 is 0 Å². The van der Waals surface area contributed by atoms with Crippen LogP contribution in [0.25, 0.3) is 10.9 Å². The topological polar surface area (TPSA) is 53.2 Å². The van der Waals surface area contributed by atoms with E-state index in [2.05, 4.69) is 27.0 Å². The third-order valence-corrected chi connectivity index (χ3v) is 4.16. The van der Waals surface area contributed by atoms with Crippen LogP contribution in [0.4, 0.5) is 0 Å². The maximum Gasteiger partial charge on any atom is 0.126 e. The molecule has 5 nitrogen and oxygen atoms in total. The average molecular weight is 284 g/mol. The van der Waals surface area contributed by atoms with E-state index in [1.807, 2.05) is 25.2 Å². The highest BCUT2D eigenvalue weighted by atomic mass is 16.5. The standard InChI is InChI=1S/C16H20N4O/c1-19-11-14(13-9-12(21-2)3-4-15(13)19)16(10-17)20-7-5-18-6-8-20/h3-4,9,11,16,18H,5-8H2,1-2H3. The number of aromatic nitrogens is 1. The van der Waals surface area contributed by atoms with Gasteiger partial charge in [0.05, 0.1) is 13.2 Å². The third-order valence-electron chi connectivity index (χ3n) is 4.16. The minimum atomic E-state index is -0.206. The number of ether oxygens (including phenoxy) is 1. The molecule has 2 heterocycles. The SMILES string of the molecule is COc1ccc2c(c1)c(C(C#N)N1CCNCC1)cn2C. The highest BCUT2D eigenvalue weighted by molar-refractivity contribution is 5.86. The van der Waals surface area contributed by atoms with Crippen LogP contribution in [0.15, 0.2) is 24.4 Å². The van der Waals surface area contributed by atoms with Gasteiger partial charge in [-0.2, -0.15) is 5.26 Å². The Morgan fingerprint density at radius 1 is 1.33 bits per heavy atom. The van der Waals surface area contributed by atoms with Crippen molar-refractivity contribution in [1.82, 2.24) is 14.8 Å². The van der Waals surface area contributed by atoms with Gasteiger partial charge in [0.15, 0.2) is 0 Å². The largest absolute Gasteiger partial charge is 0.497 e. The van der Waals surface area contributed by atoms with Gasteiger partial charge in [0, 0.05) is 55.9 Å². The van der Waals surface area contributed by atoms with Gasteiger partial charge in [-0.25, -0.2) is 0 Å². The van der Waals surface area contributed by atoms with Crippen LogP contribution in [0.3, 0.4) is 0 Å². The first-order valence-electron chi connectivity index (χ1n) is 7.22. The Morgan fingerprint density at radius 2 is 2.10 bits per heavy atom. The minimum Gasteiger partial charge on any atom is -0.497 e. The van der Waals surface area contributed by atoms with E-state index in [9.17, 15) is 5.26 Å². The van der Waals surface area contributed by atoms with Crippen LogP contribution in [0.2, 0.25) is 0 Å². The van der Waals surface area contributed by atoms with Crippen molar-refractivity contribution in [2.45, 2.75) is 6.04 Å². The molecule has 1 saturated heterocycles. The molecule has 1 fully saturated rings. The maximum absolute atomic E-state index is 9.67. The number of methoxy groups -OCH3 is 1. The Balaban J connectivity index is 2.07. The predicted octanol–water partition coefficient (Wildman–Crippen LogP) is 1.66. The lowest BCUT2D eigenvalue weighted by atomic mass is 10.0. The second-order valence-electron chi connectivity index (χ2n) is 5.40. The molecule has 5 heteroatoms. The van der Waals surface area contributed by atoms with Crippen molar-refractivity contribution < 1.29 is 4.74 Å². The molecule has 1 N–H and O–H groups in total. The molecule has 0 bridgehead atoms. The Bertz CT molecular complexity index is 679. The fourth-order valence-electron chi connectivity index (χ4n) is 3.03. The molecule has 3 rings (SSSR count). The number of fused-ring (bicyclic) bond motifs is 1. The molecule has 21 heavy (non-hydrogen) atoms. The molecular weight excluding hydrogens is 264 g/mol. The molecule has 1 aromatic carbocycles. The van der Waals surface area contributed by atoms with Crippen molar-refractivity contribution in [2.24, 2.45) is 7.05 Å². The summed E-state index contributed by atoms with van der Waals surface area (Å²) in [7, 11) is 3.69. The van der Waals surface area contributed by atoms with Gasteiger partial charge in [-0.1, -0.05) is 0 Å². The van der Waals surface area contributed by atoms with Gasteiger partial charge in [-0.3, -0.25) is 4.90 Å². The van der Waals surface area contributed by atoms with Crippen LogP contribution < -0.4 is 10.1 Å². The molecule has 2 aromatic rings. The smallest absolute Gasteiger partial charge is 0.126 e. The Kier molecular flexibility index (Phi) is 3.82. The summed E-state index contributed by atoms with van der Waals surface area (Å²) in [5.41, 5.74) is 2.19. The molecule has 0 spiro atoms. The number of aryl methyl sites for hydroxylation is 1. The lowest BCUT2D eigenvalue weighted by Gasteiger charge is -2.30. The number of nitrogens with one attached hydrogen (secondary N) is 1. The van der Waals surface area contributed by atoms with Crippen molar-refractivity contribution >= 4 is 10.9 Å². The molecule has 0 saturated carbocycles. The Morgan fingerprint density at radius 3 is 2.76 bits per heavy atom. The summed E-state index contributed by atoms with van der Waals surface area (Å²) < 4.78 is 7.41. The van der Waals surface area contributed by atoms with Crippen molar-refractivity contribution in [3.05, 3.63) is 30.0 Å². The lowest BCUT2D eigenvalue weighted by Crippen LogP contribution is -2.44. The number of piperazine rings is 1. The quantitative estimate of drug-likeness (QED) is 0.931. The summed E-state index contributed by atoms with van der Waals surface area (Å²) in [4.78, 5) is 2.24. The molecule has 1 unspecified atom stereocenters. The maximum atomic E-state index is 9.67. The van der Waals surface area contributed by atoms with Crippen LogP contribution in [0.5, 0.6) is 5.75 Å². The number of hydrogen-bond acceptors (Lipinski definition) is 4. The van der Waals surface area contributed by atoms with E-state index in [4.69, 9.17) is 4.74 Å². The zero-order chi connectivity index (χ0) is 14.8. The number of nitriles is 1. The highest BCUT2D eigenvalue weighted by Crippen LogP contribution is 2.32. The van der Waals surface area contributed by atoms with E-state index < -0.39 is 0 Å². The number of rotatable bonds is 3. The third kappa shape index (κ3) is 2.48. The molecule has 0 radical (unpaired) electrons. The molecule has 1 aromatic heterocycles. The minimum absolute atomic E-state index is 0.206. The fraction of sp³-hybridized carbons (Fsp3) is 0.438. The molecule has 1 aliphatic rings. The molecule has 1 aliphatic heterocycles. The van der Waals surface area contributed by atoms with Crippen LogP contribution in [-0.4, -0.2) is 42.8 Å². The van der Waals surface area contributed by atoms with E-state index >= 15 is 0 Å². The zero-order valence-corrected chi connectivity index (χ0v) is 12.5.